The van der Waals surface area contributed by atoms with Crippen LogP contribution in [0.25, 0.3) is 22.5 Å². The largest absolute Gasteiger partial charge is 0.351 e. The zero-order valence-corrected chi connectivity index (χ0v) is 17.9. The Kier molecular flexibility index (Phi) is 3.75. The third-order valence-corrected chi connectivity index (χ3v) is 7.20. The predicted molar refractivity (Wildman–Crippen MR) is 118 cm³/mol. The Morgan fingerprint density at radius 1 is 1.17 bits per heavy atom. The number of halogens is 1. The van der Waals surface area contributed by atoms with Gasteiger partial charge in [-0.25, -0.2) is 0 Å². The van der Waals surface area contributed by atoms with Crippen LogP contribution < -0.4 is 5.32 Å². The van der Waals surface area contributed by atoms with E-state index in [1.165, 1.54) is 28.1 Å². The van der Waals surface area contributed by atoms with Gasteiger partial charge in [0.15, 0.2) is 0 Å². The van der Waals surface area contributed by atoms with Crippen LogP contribution in [-0.4, -0.2) is 47.0 Å². The molecule has 0 saturated carbocycles. The Balaban J connectivity index is 1.57. The van der Waals surface area contributed by atoms with E-state index >= 15 is 0 Å². The first-order chi connectivity index (χ1) is 14.5. The van der Waals surface area contributed by atoms with Gasteiger partial charge in [-0.2, -0.15) is 0 Å². The van der Waals surface area contributed by atoms with Gasteiger partial charge in [0.05, 0.1) is 22.4 Å². The summed E-state index contributed by atoms with van der Waals surface area (Å²) in [6, 6.07) is 9.98. The second-order valence-corrected chi connectivity index (χ2v) is 9.42. The fourth-order valence-corrected chi connectivity index (χ4v) is 6.02. The van der Waals surface area contributed by atoms with Gasteiger partial charge in [0, 0.05) is 54.7 Å². The summed E-state index contributed by atoms with van der Waals surface area (Å²) in [5.74, 6) is 0.0783. The Morgan fingerprint density at radius 3 is 2.77 bits per heavy atom. The number of fused-ring (bicyclic) bond motifs is 6. The number of benzene rings is 1. The highest BCUT2D eigenvalue weighted by atomic mass is 35.5. The molecule has 3 aliphatic rings. The number of likely N-dealkylation sites (tertiary alicyclic amines) is 1. The first-order valence-corrected chi connectivity index (χ1v) is 10.8. The predicted octanol–water partition coefficient (Wildman–Crippen LogP) is 3.43. The van der Waals surface area contributed by atoms with Crippen LogP contribution in [0.5, 0.6) is 0 Å². The lowest BCUT2D eigenvalue weighted by molar-refractivity contribution is 0.0671. The summed E-state index contributed by atoms with van der Waals surface area (Å²) in [6.45, 7) is 2.68. The third kappa shape index (κ3) is 2.39. The highest BCUT2D eigenvalue weighted by Crippen LogP contribution is 2.46. The third-order valence-electron chi connectivity index (χ3n) is 6.96. The number of aromatic nitrogens is 2. The molecule has 2 aliphatic heterocycles. The normalized spacial score (nSPS) is 19.0. The Labute approximate surface area is 180 Å². The minimum Gasteiger partial charge on any atom is -0.351 e. The number of hydrogen-bond donors (Lipinski definition) is 1. The van der Waals surface area contributed by atoms with Gasteiger partial charge in [0.1, 0.15) is 0 Å². The van der Waals surface area contributed by atoms with Crippen molar-refractivity contribution in [3.05, 3.63) is 63.9 Å². The highest BCUT2D eigenvalue weighted by Gasteiger charge is 2.51. The van der Waals surface area contributed by atoms with Gasteiger partial charge in [0.2, 0.25) is 0 Å². The molecule has 30 heavy (non-hydrogen) atoms. The Morgan fingerprint density at radius 2 is 2.00 bits per heavy atom. The quantitative estimate of drug-likeness (QED) is 0.658. The van der Waals surface area contributed by atoms with E-state index in [9.17, 15) is 4.79 Å². The van der Waals surface area contributed by atoms with Crippen molar-refractivity contribution in [3.63, 3.8) is 0 Å². The molecule has 1 saturated heterocycles. The van der Waals surface area contributed by atoms with E-state index in [0.717, 1.165) is 49.3 Å². The van der Waals surface area contributed by atoms with Crippen LogP contribution >= 0.6 is 11.6 Å². The van der Waals surface area contributed by atoms with Crippen LogP contribution in [0.4, 0.5) is 0 Å². The molecule has 4 heterocycles. The minimum atomic E-state index is 0.0209. The molecule has 0 radical (unpaired) electrons. The van der Waals surface area contributed by atoms with Crippen molar-refractivity contribution in [2.75, 3.05) is 26.7 Å². The van der Waals surface area contributed by atoms with Crippen LogP contribution in [0, 0.1) is 0 Å². The Hall–Kier alpha value is -2.63. The smallest absolute Gasteiger partial charge is 0.253 e. The summed E-state index contributed by atoms with van der Waals surface area (Å²) >= 11 is 6.21. The number of likely N-dealkylation sites (N-methyl/N-ethyl adjacent to an activating group) is 1. The summed E-state index contributed by atoms with van der Waals surface area (Å²) in [4.78, 5) is 20.0. The van der Waals surface area contributed by atoms with Crippen molar-refractivity contribution >= 4 is 17.5 Å². The first kappa shape index (κ1) is 18.2. The van der Waals surface area contributed by atoms with Gasteiger partial charge in [-0.15, -0.1) is 0 Å². The number of nitrogens with zero attached hydrogens (tertiary/aromatic N) is 3. The summed E-state index contributed by atoms with van der Waals surface area (Å²) in [6.07, 6.45) is 3.78. The lowest BCUT2D eigenvalue weighted by Gasteiger charge is -2.51. The highest BCUT2D eigenvalue weighted by molar-refractivity contribution is 6.30. The average molecular weight is 419 g/mol. The number of nitrogens with one attached hydrogen (secondary N) is 1. The number of aryl methyl sites for hydroxylation is 1. The molecular formula is C24H23ClN4O. The van der Waals surface area contributed by atoms with Crippen molar-refractivity contribution in [2.45, 2.75) is 18.3 Å². The molecule has 5 nitrogen and oxygen atoms in total. The lowest BCUT2D eigenvalue weighted by atomic mass is 9.72. The number of rotatable bonds is 1. The van der Waals surface area contributed by atoms with E-state index in [1.807, 2.05) is 30.5 Å². The molecular weight excluding hydrogens is 396 g/mol. The molecule has 1 aliphatic carbocycles. The molecule has 1 aromatic carbocycles. The number of pyridine rings is 1. The second kappa shape index (κ2) is 6.19. The van der Waals surface area contributed by atoms with Gasteiger partial charge in [-0.05, 0) is 49.2 Å². The molecule has 0 unspecified atom stereocenters. The summed E-state index contributed by atoms with van der Waals surface area (Å²) in [7, 11) is 4.27. The van der Waals surface area contributed by atoms with Crippen molar-refractivity contribution < 1.29 is 4.79 Å². The van der Waals surface area contributed by atoms with Crippen molar-refractivity contribution in [2.24, 2.45) is 7.05 Å². The van der Waals surface area contributed by atoms with Gasteiger partial charge in [-0.3, -0.25) is 9.78 Å². The standard InChI is InChI=1S/C24H23ClN4O/c1-28-12-24(13-28)11-27-23(30)20-17-7-6-15-10-26-19(14-4-3-5-16(25)8-14)9-18(15)21(17)29(2)22(20)24/h3-5,8-10H,6-7,11-13H2,1-2H3,(H,27,30). The van der Waals surface area contributed by atoms with Crippen molar-refractivity contribution in [3.8, 4) is 22.5 Å². The van der Waals surface area contributed by atoms with Crippen molar-refractivity contribution in [1.82, 2.24) is 19.8 Å². The number of amides is 1. The van der Waals surface area contributed by atoms with Gasteiger partial charge in [0.25, 0.3) is 5.91 Å². The van der Waals surface area contributed by atoms with E-state index < -0.39 is 0 Å². The topological polar surface area (TPSA) is 50.2 Å². The maximum absolute atomic E-state index is 13.0. The first-order valence-electron chi connectivity index (χ1n) is 10.4. The van der Waals surface area contributed by atoms with E-state index in [4.69, 9.17) is 16.6 Å². The van der Waals surface area contributed by atoms with Gasteiger partial charge >= 0.3 is 0 Å². The molecule has 152 valence electrons. The maximum Gasteiger partial charge on any atom is 0.253 e. The summed E-state index contributed by atoms with van der Waals surface area (Å²) in [5.41, 5.74) is 8.86. The molecule has 6 heteroatoms. The van der Waals surface area contributed by atoms with E-state index in [1.54, 1.807) is 0 Å². The second-order valence-electron chi connectivity index (χ2n) is 8.98. The van der Waals surface area contributed by atoms with E-state index in [2.05, 4.69) is 34.9 Å². The van der Waals surface area contributed by atoms with Crippen molar-refractivity contribution in [1.29, 1.82) is 0 Å². The molecule has 6 rings (SSSR count). The molecule has 1 spiro atoms. The number of carbonyl (C=O) groups is 1. The van der Waals surface area contributed by atoms with E-state index in [-0.39, 0.29) is 11.3 Å². The number of hydrogen-bond acceptors (Lipinski definition) is 3. The summed E-state index contributed by atoms with van der Waals surface area (Å²) in [5, 5.41) is 3.88. The minimum absolute atomic E-state index is 0.0209. The zero-order chi connectivity index (χ0) is 20.6. The zero-order valence-electron chi connectivity index (χ0n) is 17.1. The molecule has 2 aromatic heterocycles. The monoisotopic (exact) mass is 418 g/mol. The van der Waals surface area contributed by atoms with Gasteiger partial charge < -0.3 is 14.8 Å². The van der Waals surface area contributed by atoms with Crippen LogP contribution in [-0.2, 0) is 25.3 Å². The molecule has 0 atom stereocenters. The van der Waals surface area contributed by atoms with Crippen LogP contribution in [0.3, 0.4) is 0 Å². The summed E-state index contributed by atoms with van der Waals surface area (Å²) < 4.78 is 2.30. The van der Waals surface area contributed by atoms with Crippen LogP contribution in [0.1, 0.15) is 27.2 Å². The SMILES string of the molecule is CN1CC2(CNC(=O)c3c4c(n(C)c32)-c2cc(-c3cccc(Cl)c3)ncc2CC4)C1. The van der Waals surface area contributed by atoms with Crippen LogP contribution in [0.2, 0.25) is 5.02 Å². The van der Waals surface area contributed by atoms with E-state index in [0.29, 0.717) is 5.02 Å². The fourth-order valence-electron chi connectivity index (χ4n) is 5.83. The molecule has 1 amide bonds. The fraction of sp³-hybridized carbons (Fsp3) is 0.333. The molecule has 3 aromatic rings. The number of carbonyl (C=O) groups excluding carboxylic acids is 1. The van der Waals surface area contributed by atoms with Gasteiger partial charge in [-0.1, -0.05) is 23.7 Å². The maximum atomic E-state index is 13.0. The molecule has 1 N–H and O–H groups in total. The molecule has 0 bridgehead atoms. The van der Waals surface area contributed by atoms with Crippen LogP contribution in [0.15, 0.2) is 36.5 Å². The Bertz CT molecular complexity index is 1220. The molecule has 1 fully saturated rings. The lowest BCUT2D eigenvalue weighted by Crippen LogP contribution is -2.65. The average Bonchev–Trinajstić information content (AvgIpc) is 3.03.